The number of hydrogen-bond donors (Lipinski definition) is 0. The molecule has 2 aromatic rings. The summed E-state index contributed by atoms with van der Waals surface area (Å²) in [5.74, 6) is 1.02. The number of aromatic nitrogens is 3. The van der Waals surface area contributed by atoms with Gasteiger partial charge in [0.15, 0.2) is 0 Å². The maximum Gasteiger partial charge on any atom is 0.227 e. The Morgan fingerprint density at radius 2 is 2.29 bits per heavy atom. The average molecular weight is 293 g/mol. The lowest BCUT2D eigenvalue weighted by Gasteiger charge is -1.92. The summed E-state index contributed by atoms with van der Waals surface area (Å²) in [5.41, 5.74) is 0.670. The number of pyridine rings is 1. The van der Waals surface area contributed by atoms with E-state index in [4.69, 9.17) is 9.78 Å². The molecule has 0 aliphatic carbocycles. The number of unbranched alkanes of at least 4 members (excludes halogenated alkanes) is 1. The van der Waals surface area contributed by atoms with Gasteiger partial charge in [-0.3, -0.25) is 4.98 Å². The molecular weight excluding hydrogens is 284 g/mol. The highest BCUT2D eigenvalue weighted by molar-refractivity contribution is 9.10. The molecule has 0 aromatic carbocycles. The third kappa shape index (κ3) is 3.11. The summed E-state index contributed by atoms with van der Waals surface area (Å²) in [5, 5.41) is 12.3. The molecule has 6 heteroatoms. The lowest BCUT2D eigenvalue weighted by atomic mass is 10.2. The second-order valence-electron chi connectivity index (χ2n) is 3.39. The van der Waals surface area contributed by atoms with E-state index in [1.807, 2.05) is 12.1 Å². The Morgan fingerprint density at radius 1 is 1.41 bits per heavy atom. The van der Waals surface area contributed by atoms with Crippen LogP contribution in [0.2, 0.25) is 0 Å². The van der Waals surface area contributed by atoms with Crippen molar-refractivity contribution in [2.24, 2.45) is 0 Å². The number of rotatable bonds is 4. The predicted molar refractivity (Wildman–Crippen MR) is 63.8 cm³/mol. The lowest BCUT2D eigenvalue weighted by molar-refractivity contribution is 0.376. The second-order valence-corrected chi connectivity index (χ2v) is 4.30. The van der Waals surface area contributed by atoms with Crippen LogP contribution in [0.25, 0.3) is 11.5 Å². The monoisotopic (exact) mass is 292 g/mol. The first-order valence-corrected chi connectivity index (χ1v) is 5.90. The van der Waals surface area contributed by atoms with Gasteiger partial charge in [0.25, 0.3) is 0 Å². The molecule has 0 amide bonds. The Balaban J connectivity index is 2.08. The fourth-order valence-electron chi connectivity index (χ4n) is 1.29. The van der Waals surface area contributed by atoms with Crippen molar-refractivity contribution in [1.82, 2.24) is 15.1 Å². The highest BCUT2D eigenvalue weighted by Crippen LogP contribution is 2.16. The van der Waals surface area contributed by atoms with E-state index >= 15 is 0 Å². The van der Waals surface area contributed by atoms with Crippen LogP contribution in [0.1, 0.15) is 18.7 Å². The highest BCUT2D eigenvalue weighted by atomic mass is 79.9. The van der Waals surface area contributed by atoms with Crippen LogP contribution in [0.15, 0.2) is 27.3 Å². The standard InChI is InChI=1S/C11H9BrN4O/c12-8-4-5-9(14-7-8)11-15-10(17-16-11)3-1-2-6-13/h4-5,7H,1-3H2. The first-order valence-electron chi connectivity index (χ1n) is 5.11. The molecular formula is C11H9BrN4O. The van der Waals surface area contributed by atoms with E-state index in [1.54, 1.807) is 6.20 Å². The van der Waals surface area contributed by atoms with Gasteiger partial charge in [0, 0.05) is 23.5 Å². The average Bonchev–Trinajstić information content (AvgIpc) is 2.79. The van der Waals surface area contributed by atoms with Gasteiger partial charge in [0.05, 0.1) is 6.07 Å². The van der Waals surface area contributed by atoms with Crippen LogP contribution in [0, 0.1) is 11.3 Å². The molecule has 0 spiro atoms. The molecule has 2 rings (SSSR count). The van der Waals surface area contributed by atoms with E-state index in [0.29, 0.717) is 30.3 Å². The van der Waals surface area contributed by atoms with Crippen molar-refractivity contribution in [3.05, 3.63) is 28.7 Å². The molecule has 0 atom stereocenters. The maximum absolute atomic E-state index is 8.42. The molecule has 0 aliphatic rings. The van der Waals surface area contributed by atoms with Crippen LogP contribution in [0.3, 0.4) is 0 Å². The Morgan fingerprint density at radius 3 is 3.00 bits per heavy atom. The molecule has 2 aromatic heterocycles. The summed E-state index contributed by atoms with van der Waals surface area (Å²) >= 11 is 3.31. The molecule has 0 radical (unpaired) electrons. The third-order valence-corrected chi connectivity index (χ3v) is 2.57. The van der Waals surface area contributed by atoms with E-state index in [-0.39, 0.29) is 0 Å². The minimum atomic E-state index is 0.476. The van der Waals surface area contributed by atoms with Crippen LogP contribution in [-0.2, 0) is 6.42 Å². The summed E-state index contributed by atoms with van der Waals surface area (Å²) < 4.78 is 5.98. The summed E-state index contributed by atoms with van der Waals surface area (Å²) in [6.07, 6.45) is 3.53. The van der Waals surface area contributed by atoms with Gasteiger partial charge in [-0.2, -0.15) is 10.2 Å². The quantitative estimate of drug-likeness (QED) is 0.810. The number of aryl methyl sites for hydroxylation is 1. The van der Waals surface area contributed by atoms with Crippen molar-refractivity contribution in [3.8, 4) is 17.6 Å². The van der Waals surface area contributed by atoms with Gasteiger partial charge in [-0.1, -0.05) is 5.16 Å². The molecule has 0 unspecified atom stereocenters. The van der Waals surface area contributed by atoms with E-state index in [0.717, 1.165) is 10.9 Å². The van der Waals surface area contributed by atoms with Gasteiger partial charge >= 0.3 is 0 Å². The van der Waals surface area contributed by atoms with Gasteiger partial charge in [0.2, 0.25) is 11.7 Å². The maximum atomic E-state index is 8.42. The van der Waals surface area contributed by atoms with E-state index < -0.39 is 0 Å². The Labute approximate surface area is 107 Å². The van der Waals surface area contributed by atoms with E-state index in [2.05, 4.69) is 37.1 Å². The molecule has 5 nitrogen and oxygen atoms in total. The van der Waals surface area contributed by atoms with Crippen LogP contribution < -0.4 is 0 Å². The number of hydrogen-bond acceptors (Lipinski definition) is 5. The molecule has 0 N–H and O–H groups in total. The van der Waals surface area contributed by atoms with Crippen molar-refractivity contribution in [3.63, 3.8) is 0 Å². The number of nitrogens with zero attached hydrogens (tertiary/aromatic N) is 4. The zero-order valence-electron chi connectivity index (χ0n) is 8.93. The zero-order valence-corrected chi connectivity index (χ0v) is 10.5. The minimum Gasteiger partial charge on any atom is -0.339 e. The summed E-state index contributed by atoms with van der Waals surface area (Å²) in [7, 11) is 0. The molecule has 2 heterocycles. The number of nitriles is 1. The van der Waals surface area contributed by atoms with Crippen molar-refractivity contribution in [2.75, 3.05) is 0 Å². The fraction of sp³-hybridized carbons (Fsp3) is 0.273. The fourth-order valence-corrected chi connectivity index (χ4v) is 1.52. The van der Waals surface area contributed by atoms with Gasteiger partial charge in [-0.25, -0.2) is 0 Å². The molecule has 17 heavy (non-hydrogen) atoms. The van der Waals surface area contributed by atoms with Crippen LogP contribution in [0.5, 0.6) is 0 Å². The molecule has 86 valence electrons. The van der Waals surface area contributed by atoms with E-state index in [1.165, 1.54) is 0 Å². The van der Waals surface area contributed by atoms with Gasteiger partial charge in [0.1, 0.15) is 5.69 Å². The smallest absolute Gasteiger partial charge is 0.227 e. The van der Waals surface area contributed by atoms with Crippen LogP contribution in [0.4, 0.5) is 0 Å². The lowest BCUT2D eigenvalue weighted by Crippen LogP contribution is -1.87. The first kappa shape index (κ1) is 11.7. The van der Waals surface area contributed by atoms with Crippen molar-refractivity contribution in [2.45, 2.75) is 19.3 Å². The molecule has 0 saturated carbocycles. The minimum absolute atomic E-state index is 0.476. The first-order chi connectivity index (χ1) is 8.29. The molecule has 0 saturated heterocycles. The van der Waals surface area contributed by atoms with Crippen molar-refractivity contribution >= 4 is 15.9 Å². The second kappa shape index (κ2) is 5.55. The van der Waals surface area contributed by atoms with Crippen LogP contribution >= 0.6 is 15.9 Å². The summed E-state index contributed by atoms with van der Waals surface area (Å²) in [4.78, 5) is 8.39. The van der Waals surface area contributed by atoms with Gasteiger partial charge < -0.3 is 4.52 Å². The molecule has 0 aliphatic heterocycles. The Hall–Kier alpha value is -1.74. The van der Waals surface area contributed by atoms with Crippen molar-refractivity contribution in [1.29, 1.82) is 5.26 Å². The summed E-state index contributed by atoms with van der Waals surface area (Å²) in [6.45, 7) is 0. The van der Waals surface area contributed by atoms with Gasteiger partial charge in [-0.15, -0.1) is 0 Å². The largest absolute Gasteiger partial charge is 0.339 e. The number of halogens is 1. The third-order valence-electron chi connectivity index (χ3n) is 2.10. The molecule has 0 fully saturated rings. The highest BCUT2D eigenvalue weighted by Gasteiger charge is 2.09. The predicted octanol–water partition coefficient (Wildman–Crippen LogP) is 2.74. The summed E-state index contributed by atoms with van der Waals surface area (Å²) in [6, 6.07) is 5.76. The normalized spacial score (nSPS) is 10.1. The van der Waals surface area contributed by atoms with E-state index in [9.17, 15) is 0 Å². The Kier molecular flexibility index (Phi) is 3.83. The van der Waals surface area contributed by atoms with Crippen LogP contribution in [-0.4, -0.2) is 15.1 Å². The topological polar surface area (TPSA) is 75.6 Å². The SMILES string of the molecule is N#CCCCc1nc(-c2ccc(Br)cn2)no1. The van der Waals surface area contributed by atoms with Gasteiger partial charge in [-0.05, 0) is 34.5 Å². The molecule has 0 bridgehead atoms. The zero-order chi connectivity index (χ0) is 12.1. The van der Waals surface area contributed by atoms with Crippen molar-refractivity contribution < 1.29 is 4.52 Å². The Bertz CT molecular complexity index is 529.